The molecule has 3 aromatic rings. The minimum atomic E-state index is -4.68. The number of amides is 1. The molecule has 0 radical (unpaired) electrons. The van der Waals surface area contributed by atoms with Gasteiger partial charge in [-0.3, -0.25) is 4.90 Å². The molecule has 0 bridgehead atoms. The van der Waals surface area contributed by atoms with Crippen molar-refractivity contribution in [2.24, 2.45) is 11.3 Å². The van der Waals surface area contributed by atoms with Gasteiger partial charge < -0.3 is 9.67 Å². The number of hydrogen-bond acceptors (Lipinski definition) is 3. The first-order valence-electron chi connectivity index (χ1n) is 11.6. The van der Waals surface area contributed by atoms with E-state index < -0.39 is 23.7 Å². The van der Waals surface area contributed by atoms with Gasteiger partial charge in [0, 0.05) is 19.3 Å². The topological polar surface area (TPSA) is 71.2 Å². The fraction of sp³-hybridized carbons (Fsp3) is 0.480. The number of alkyl halides is 3. The highest BCUT2D eigenvalue weighted by molar-refractivity contribution is 5.85. The maximum atomic E-state index is 13.5. The van der Waals surface area contributed by atoms with Crippen molar-refractivity contribution < 1.29 is 23.1 Å². The van der Waals surface area contributed by atoms with Crippen LogP contribution in [0.1, 0.15) is 50.7 Å². The van der Waals surface area contributed by atoms with Gasteiger partial charge >= 0.3 is 12.3 Å². The molecule has 6 nitrogen and oxygen atoms in total. The Bertz CT molecular complexity index is 1180. The van der Waals surface area contributed by atoms with Gasteiger partial charge in [-0.25, -0.2) is 14.8 Å². The number of carboxylic acid groups (broad SMARTS) is 1. The van der Waals surface area contributed by atoms with Crippen LogP contribution in [-0.4, -0.2) is 32.3 Å². The molecule has 0 saturated heterocycles. The van der Waals surface area contributed by atoms with Gasteiger partial charge in [-0.1, -0.05) is 26.3 Å². The maximum absolute atomic E-state index is 13.5. The molecule has 1 amide bonds. The summed E-state index contributed by atoms with van der Waals surface area (Å²) >= 11 is 0. The number of nitrogens with zero attached hydrogens (tertiary/aromatic N) is 4. The molecule has 1 aliphatic carbocycles. The highest BCUT2D eigenvalue weighted by Gasteiger charge is 2.39. The zero-order valence-corrected chi connectivity index (χ0v) is 19.3. The smallest absolute Gasteiger partial charge is 0.419 e. The largest absolute Gasteiger partial charge is 0.465 e. The van der Waals surface area contributed by atoms with Gasteiger partial charge in [0.05, 0.1) is 22.9 Å². The lowest BCUT2D eigenvalue weighted by atomic mass is 9.70. The molecule has 1 N–H and O–H groups in total. The van der Waals surface area contributed by atoms with Crippen molar-refractivity contribution in [2.45, 2.75) is 58.7 Å². The number of imidazole rings is 1. The Morgan fingerprint density at radius 1 is 1.29 bits per heavy atom. The van der Waals surface area contributed by atoms with Crippen molar-refractivity contribution in [3.63, 3.8) is 0 Å². The van der Waals surface area contributed by atoms with E-state index >= 15 is 0 Å². The number of aromatic nitrogens is 3. The Balaban J connectivity index is 1.55. The van der Waals surface area contributed by atoms with E-state index in [1.54, 1.807) is 0 Å². The number of rotatable bonds is 6. The summed E-state index contributed by atoms with van der Waals surface area (Å²) in [5, 5.41) is 9.76. The lowest BCUT2D eigenvalue weighted by Crippen LogP contribution is -2.40. The molecule has 0 spiro atoms. The fourth-order valence-corrected chi connectivity index (χ4v) is 5.22. The molecule has 182 valence electrons. The lowest BCUT2D eigenvalue weighted by molar-refractivity contribution is -0.137. The second-order valence-electron chi connectivity index (χ2n) is 9.59. The Morgan fingerprint density at radius 3 is 2.79 bits per heavy atom. The molecule has 2 aromatic heterocycles. The van der Waals surface area contributed by atoms with E-state index in [0.717, 1.165) is 54.2 Å². The molecular formula is C25H29F3N4O2. The van der Waals surface area contributed by atoms with Crippen LogP contribution in [0, 0.1) is 11.3 Å². The molecule has 2 heterocycles. The average molecular weight is 475 g/mol. The summed E-state index contributed by atoms with van der Waals surface area (Å²) in [6, 6.07) is 8.29. The van der Waals surface area contributed by atoms with Crippen LogP contribution in [0.3, 0.4) is 0 Å². The highest BCUT2D eigenvalue weighted by Crippen LogP contribution is 2.42. The van der Waals surface area contributed by atoms with Crippen LogP contribution in [0.4, 0.5) is 23.8 Å². The Kier molecular flexibility index (Phi) is 6.55. The zero-order chi connectivity index (χ0) is 24.5. The minimum absolute atomic E-state index is 0.0182. The van der Waals surface area contributed by atoms with Crippen molar-refractivity contribution in [3.8, 4) is 0 Å². The number of carbonyl (C=O) groups is 1. The number of benzene rings is 1. The SMILES string of the molecule is CCc1ccc2ncn(CC3(C)CCCC(CN(C(=O)O)c4ncccc4C(F)(F)F)C3)c2c1. The number of fused-ring (bicyclic) bond motifs is 1. The van der Waals surface area contributed by atoms with Gasteiger partial charge in [-0.15, -0.1) is 0 Å². The first kappa shape index (κ1) is 24.0. The predicted octanol–water partition coefficient (Wildman–Crippen LogP) is 6.39. The summed E-state index contributed by atoms with van der Waals surface area (Å²) in [6.07, 6.45) is 1.17. The van der Waals surface area contributed by atoms with Crippen LogP contribution >= 0.6 is 0 Å². The summed E-state index contributed by atoms with van der Waals surface area (Å²) in [5.41, 5.74) is 2.07. The molecule has 4 rings (SSSR count). The van der Waals surface area contributed by atoms with E-state index in [4.69, 9.17) is 0 Å². The number of hydrogen-bond donors (Lipinski definition) is 1. The third-order valence-corrected chi connectivity index (χ3v) is 6.84. The Morgan fingerprint density at radius 2 is 2.09 bits per heavy atom. The highest BCUT2D eigenvalue weighted by atomic mass is 19.4. The number of halogens is 3. The molecular weight excluding hydrogens is 445 g/mol. The van der Waals surface area contributed by atoms with Crippen LogP contribution in [0.5, 0.6) is 0 Å². The average Bonchev–Trinajstić information content (AvgIpc) is 3.18. The molecule has 1 aliphatic rings. The third-order valence-electron chi connectivity index (χ3n) is 6.84. The van der Waals surface area contributed by atoms with Crippen molar-refractivity contribution in [1.82, 2.24) is 14.5 Å². The summed E-state index contributed by atoms with van der Waals surface area (Å²) < 4.78 is 42.6. The van der Waals surface area contributed by atoms with Crippen LogP contribution in [0.2, 0.25) is 0 Å². The number of aryl methyl sites for hydroxylation is 1. The van der Waals surface area contributed by atoms with Gasteiger partial charge in [0.15, 0.2) is 0 Å². The molecule has 1 fully saturated rings. The number of anilines is 1. The van der Waals surface area contributed by atoms with Gasteiger partial charge in [0.25, 0.3) is 0 Å². The van der Waals surface area contributed by atoms with Crippen LogP contribution < -0.4 is 4.90 Å². The van der Waals surface area contributed by atoms with E-state index in [0.29, 0.717) is 6.42 Å². The van der Waals surface area contributed by atoms with E-state index in [9.17, 15) is 23.1 Å². The molecule has 34 heavy (non-hydrogen) atoms. The number of pyridine rings is 1. The summed E-state index contributed by atoms with van der Waals surface area (Å²) in [4.78, 5) is 21.1. The van der Waals surface area contributed by atoms with Crippen molar-refractivity contribution in [1.29, 1.82) is 0 Å². The second-order valence-corrected chi connectivity index (χ2v) is 9.59. The standard InChI is InChI=1S/C25H29F3N4O2/c1-3-17-8-9-20-21(12-17)31(16-30-20)15-24(2)10-4-6-18(13-24)14-32(23(33)34)22-19(25(26,27)28)7-5-11-29-22/h5,7-9,11-12,16,18H,3-4,6,10,13-15H2,1-2H3,(H,33,34). The fourth-order valence-electron chi connectivity index (χ4n) is 5.22. The van der Waals surface area contributed by atoms with Gasteiger partial charge in [-0.2, -0.15) is 13.2 Å². The first-order valence-corrected chi connectivity index (χ1v) is 11.6. The minimum Gasteiger partial charge on any atom is -0.465 e. The molecule has 9 heteroatoms. The van der Waals surface area contributed by atoms with Gasteiger partial charge in [-0.05, 0) is 66.8 Å². The lowest BCUT2D eigenvalue weighted by Gasteiger charge is -2.40. The third kappa shape index (κ3) is 5.03. The van der Waals surface area contributed by atoms with E-state index in [2.05, 4.69) is 40.5 Å². The van der Waals surface area contributed by atoms with E-state index in [1.807, 2.05) is 12.4 Å². The van der Waals surface area contributed by atoms with Gasteiger partial charge in [0.2, 0.25) is 0 Å². The van der Waals surface area contributed by atoms with Crippen molar-refractivity contribution in [2.75, 3.05) is 11.4 Å². The summed E-state index contributed by atoms with van der Waals surface area (Å²) in [7, 11) is 0. The van der Waals surface area contributed by atoms with Gasteiger partial charge in [0.1, 0.15) is 5.82 Å². The van der Waals surface area contributed by atoms with Crippen LogP contribution in [0.15, 0.2) is 42.9 Å². The molecule has 1 saturated carbocycles. The van der Waals surface area contributed by atoms with Crippen molar-refractivity contribution in [3.05, 3.63) is 54.0 Å². The Hall–Kier alpha value is -3.10. The molecule has 1 aromatic carbocycles. The van der Waals surface area contributed by atoms with Crippen molar-refractivity contribution >= 4 is 22.9 Å². The van der Waals surface area contributed by atoms with Crippen LogP contribution in [-0.2, 0) is 19.1 Å². The Labute approximate surface area is 196 Å². The maximum Gasteiger partial charge on any atom is 0.419 e. The summed E-state index contributed by atoms with van der Waals surface area (Å²) in [6.45, 7) is 4.98. The molecule has 0 aliphatic heterocycles. The summed E-state index contributed by atoms with van der Waals surface area (Å²) in [5.74, 6) is -0.624. The quantitative estimate of drug-likeness (QED) is 0.449. The zero-order valence-electron chi connectivity index (χ0n) is 19.3. The second kappa shape index (κ2) is 9.27. The molecule has 2 atom stereocenters. The normalized spacial score (nSPS) is 21.0. The van der Waals surface area contributed by atoms with E-state index in [1.165, 1.54) is 17.8 Å². The monoisotopic (exact) mass is 474 g/mol. The van der Waals surface area contributed by atoms with E-state index in [-0.39, 0.29) is 17.9 Å². The predicted molar refractivity (Wildman–Crippen MR) is 124 cm³/mol. The molecule has 2 unspecified atom stereocenters. The van der Waals surface area contributed by atoms with Crippen LogP contribution in [0.25, 0.3) is 11.0 Å². The first-order chi connectivity index (χ1) is 16.1.